The van der Waals surface area contributed by atoms with Gasteiger partial charge < -0.3 is 28.7 Å². The Morgan fingerprint density at radius 2 is 1.75 bits per heavy atom. The van der Waals surface area contributed by atoms with Gasteiger partial charge in [-0.1, -0.05) is 12.1 Å². The predicted octanol–water partition coefficient (Wildman–Crippen LogP) is 2.02. The second-order valence-corrected chi connectivity index (χ2v) is 7.10. The summed E-state index contributed by atoms with van der Waals surface area (Å²) in [5.74, 6) is 0.665. The first-order chi connectivity index (χ1) is 15.4. The molecule has 32 heavy (non-hydrogen) atoms. The van der Waals surface area contributed by atoms with Gasteiger partial charge in [0.2, 0.25) is 5.91 Å². The fraction of sp³-hybridized carbons (Fsp3) is 0.348. The van der Waals surface area contributed by atoms with E-state index >= 15 is 0 Å². The molecule has 1 aliphatic heterocycles. The SMILES string of the molecule is COC(=O)CN(Cc1cc(OC)cc(OC)c1)C(=O)CCN1C(=O)COc2ccccc21. The van der Waals surface area contributed by atoms with Gasteiger partial charge in [-0.25, -0.2) is 0 Å². The van der Waals surface area contributed by atoms with Crippen molar-refractivity contribution in [2.45, 2.75) is 13.0 Å². The highest BCUT2D eigenvalue weighted by Crippen LogP contribution is 2.31. The quantitative estimate of drug-likeness (QED) is 0.549. The number of ether oxygens (including phenoxy) is 4. The fourth-order valence-electron chi connectivity index (χ4n) is 3.40. The summed E-state index contributed by atoms with van der Waals surface area (Å²) in [5, 5.41) is 0. The number of carbonyl (C=O) groups excluding carboxylic acids is 3. The van der Waals surface area contributed by atoms with Gasteiger partial charge in [0.05, 0.1) is 27.0 Å². The molecule has 2 aromatic carbocycles. The third-order valence-corrected chi connectivity index (χ3v) is 5.04. The lowest BCUT2D eigenvalue weighted by molar-refractivity contribution is -0.147. The van der Waals surface area contributed by atoms with Crippen molar-refractivity contribution in [1.29, 1.82) is 0 Å². The van der Waals surface area contributed by atoms with Gasteiger partial charge >= 0.3 is 5.97 Å². The normalized spacial score (nSPS) is 12.5. The van der Waals surface area contributed by atoms with E-state index in [1.165, 1.54) is 31.1 Å². The van der Waals surface area contributed by atoms with E-state index in [0.29, 0.717) is 22.9 Å². The third kappa shape index (κ3) is 5.48. The molecule has 170 valence electrons. The average Bonchev–Trinajstić information content (AvgIpc) is 2.82. The molecule has 0 saturated carbocycles. The highest BCUT2D eigenvalue weighted by atomic mass is 16.5. The number of amides is 2. The van der Waals surface area contributed by atoms with Gasteiger partial charge in [-0.05, 0) is 29.8 Å². The molecule has 9 heteroatoms. The van der Waals surface area contributed by atoms with Crippen LogP contribution >= 0.6 is 0 Å². The topological polar surface area (TPSA) is 94.6 Å². The van der Waals surface area contributed by atoms with E-state index in [1.807, 2.05) is 6.07 Å². The Kier molecular flexibility index (Phi) is 7.54. The maximum atomic E-state index is 13.1. The molecular weight excluding hydrogens is 416 g/mol. The number of methoxy groups -OCH3 is 3. The van der Waals surface area contributed by atoms with E-state index in [-0.39, 0.29) is 44.5 Å². The standard InChI is InChI=1S/C23H26N2O7/c1-29-17-10-16(11-18(12-17)30-2)13-24(14-23(28)31-3)21(26)8-9-25-19-6-4-5-7-20(19)32-15-22(25)27/h4-7,10-12H,8-9,13-15H2,1-3H3. The van der Waals surface area contributed by atoms with Crippen LogP contribution in [0.15, 0.2) is 42.5 Å². The number of anilines is 1. The Labute approximate surface area is 186 Å². The van der Waals surface area contributed by atoms with Crippen LogP contribution in [0, 0.1) is 0 Å². The second kappa shape index (κ2) is 10.5. The van der Waals surface area contributed by atoms with E-state index in [0.717, 1.165) is 5.56 Å². The number of hydrogen-bond acceptors (Lipinski definition) is 7. The molecular formula is C23H26N2O7. The zero-order chi connectivity index (χ0) is 23.1. The van der Waals surface area contributed by atoms with Crippen LogP contribution in [-0.4, -0.2) is 63.7 Å². The molecule has 0 N–H and O–H groups in total. The maximum absolute atomic E-state index is 13.1. The lowest BCUT2D eigenvalue weighted by atomic mass is 10.1. The van der Waals surface area contributed by atoms with E-state index in [9.17, 15) is 14.4 Å². The first kappa shape index (κ1) is 22.9. The molecule has 0 radical (unpaired) electrons. The van der Waals surface area contributed by atoms with Crippen LogP contribution in [0.1, 0.15) is 12.0 Å². The Bertz CT molecular complexity index is 970. The van der Waals surface area contributed by atoms with Crippen molar-refractivity contribution in [3.8, 4) is 17.2 Å². The van der Waals surface area contributed by atoms with Crippen LogP contribution in [0.3, 0.4) is 0 Å². The maximum Gasteiger partial charge on any atom is 0.325 e. The Hall–Kier alpha value is -3.75. The summed E-state index contributed by atoms with van der Waals surface area (Å²) in [7, 11) is 4.34. The summed E-state index contributed by atoms with van der Waals surface area (Å²) in [6.07, 6.45) is 0.0260. The Morgan fingerprint density at radius 1 is 1.06 bits per heavy atom. The molecule has 2 aromatic rings. The van der Waals surface area contributed by atoms with Crippen molar-refractivity contribution < 1.29 is 33.3 Å². The lowest BCUT2D eigenvalue weighted by Crippen LogP contribution is -2.42. The largest absolute Gasteiger partial charge is 0.497 e. The van der Waals surface area contributed by atoms with E-state index in [1.54, 1.807) is 36.4 Å². The molecule has 0 fully saturated rings. The minimum Gasteiger partial charge on any atom is -0.497 e. The molecule has 0 saturated heterocycles. The van der Waals surface area contributed by atoms with Gasteiger partial charge in [0, 0.05) is 25.6 Å². The molecule has 2 amide bonds. The predicted molar refractivity (Wildman–Crippen MR) is 116 cm³/mol. The summed E-state index contributed by atoms with van der Waals surface area (Å²) in [5.41, 5.74) is 1.35. The Morgan fingerprint density at radius 3 is 2.41 bits per heavy atom. The van der Waals surface area contributed by atoms with E-state index in [2.05, 4.69) is 0 Å². The van der Waals surface area contributed by atoms with E-state index in [4.69, 9.17) is 18.9 Å². The minimum atomic E-state index is -0.541. The van der Waals surface area contributed by atoms with Crippen molar-refractivity contribution in [2.24, 2.45) is 0 Å². The van der Waals surface area contributed by atoms with Crippen LogP contribution in [0.2, 0.25) is 0 Å². The summed E-state index contributed by atoms with van der Waals surface area (Å²) in [6, 6.07) is 12.4. The first-order valence-corrected chi connectivity index (χ1v) is 10.0. The molecule has 0 bridgehead atoms. The number of rotatable bonds is 9. The molecule has 1 aliphatic rings. The molecule has 0 spiro atoms. The summed E-state index contributed by atoms with van der Waals surface area (Å²) < 4.78 is 20.8. The van der Waals surface area contributed by atoms with Crippen LogP contribution in [-0.2, 0) is 25.7 Å². The van der Waals surface area contributed by atoms with Gasteiger partial charge in [0.1, 0.15) is 23.8 Å². The molecule has 1 heterocycles. The number of para-hydroxylation sites is 2. The number of benzene rings is 2. The smallest absolute Gasteiger partial charge is 0.325 e. The van der Waals surface area contributed by atoms with Crippen LogP contribution in [0.5, 0.6) is 17.2 Å². The zero-order valence-corrected chi connectivity index (χ0v) is 18.3. The van der Waals surface area contributed by atoms with Crippen molar-refractivity contribution >= 4 is 23.5 Å². The van der Waals surface area contributed by atoms with Crippen molar-refractivity contribution in [3.63, 3.8) is 0 Å². The lowest BCUT2D eigenvalue weighted by Gasteiger charge is -2.30. The average molecular weight is 442 g/mol. The summed E-state index contributed by atoms with van der Waals surface area (Å²) in [4.78, 5) is 40.3. The highest BCUT2D eigenvalue weighted by molar-refractivity contribution is 5.98. The van der Waals surface area contributed by atoms with Crippen molar-refractivity contribution in [1.82, 2.24) is 4.90 Å². The number of nitrogens with zero attached hydrogens (tertiary/aromatic N) is 2. The van der Waals surface area contributed by atoms with Gasteiger partial charge in [-0.15, -0.1) is 0 Å². The number of hydrogen-bond donors (Lipinski definition) is 0. The third-order valence-electron chi connectivity index (χ3n) is 5.04. The zero-order valence-electron chi connectivity index (χ0n) is 18.3. The second-order valence-electron chi connectivity index (χ2n) is 7.10. The monoisotopic (exact) mass is 442 g/mol. The van der Waals surface area contributed by atoms with Gasteiger partial charge in [-0.2, -0.15) is 0 Å². The van der Waals surface area contributed by atoms with Crippen molar-refractivity contribution in [2.75, 3.05) is 45.9 Å². The number of carbonyl (C=O) groups is 3. The van der Waals surface area contributed by atoms with Gasteiger partial charge in [0.25, 0.3) is 5.91 Å². The molecule has 3 rings (SSSR count). The van der Waals surface area contributed by atoms with Crippen LogP contribution in [0.25, 0.3) is 0 Å². The molecule has 9 nitrogen and oxygen atoms in total. The summed E-state index contributed by atoms with van der Waals surface area (Å²) in [6.45, 7) is 0.00939. The van der Waals surface area contributed by atoms with Gasteiger partial charge in [0.15, 0.2) is 6.61 Å². The highest BCUT2D eigenvalue weighted by Gasteiger charge is 2.27. The minimum absolute atomic E-state index is 0.0260. The van der Waals surface area contributed by atoms with Crippen LogP contribution < -0.4 is 19.1 Å². The van der Waals surface area contributed by atoms with Crippen molar-refractivity contribution in [3.05, 3.63) is 48.0 Å². The fourth-order valence-corrected chi connectivity index (χ4v) is 3.40. The van der Waals surface area contributed by atoms with Crippen LogP contribution in [0.4, 0.5) is 5.69 Å². The molecule has 0 atom stereocenters. The molecule has 0 aromatic heterocycles. The first-order valence-electron chi connectivity index (χ1n) is 10.0. The van der Waals surface area contributed by atoms with Gasteiger partial charge in [-0.3, -0.25) is 14.4 Å². The Balaban J connectivity index is 1.75. The molecule has 0 aliphatic carbocycles. The number of esters is 1. The van der Waals surface area contributed by atoms with E-state index < -0.39 is 5.97 Å². The molecule has 0 unspecified atom stereocenters. The summed E-state index contributed by atoms with van der Waals surface area (Å²) >= 11 is 0. The number of fused-ring (bicyclic) bond motifs is 1.